The van der Waals surface area contributed by atoms with E-state index in [4.69, 9.17) is 16.7 Å². The molecule has 1 rings (SSSR count). The monoisotopic (exact) mass is 290 g/mol. The molecule has 0 heterocycles. The first kappa shape index (κ1) is 12.2. The van der Waals surface area contributed by atoms with Gasteiger partial charge in [-0.25, -0.2) is 4.79 Å². The molecule has 1 aromatic rings. The van der Waals surface area contributed by atoms with E-state index in [0.717, 1.165) is 0 Å². The van der Waals surface area contributed by atoms with E-state index in [1.165, 1.54) is 13.0 Å². The van der Waals surface area contributed by atoms with Crippen LogP contribution in [0.15, 0.2) is 22.7 Å². The summed E-state index contributed by atoms with van der Waals surface area (Å²) in [5.41, 5.74) is 0.346. The van der Waals surface area contributed by atoms with Gasteiger partial charge in [-0.1, -0.05) is 22.0 Å². The van der Waals surface area contributed by atoms with Crippen molar-refractivity contribution in [1.82, 2.24) is 0 Å². The summed E-state index contributed by atoms with van der Waals surface area (Å²) in [6.07, 6.45) is 0. The third-order valence-corrected chi connectivity index (χ3v) is 3.11. The van der Waals surface area contributed by atoms with Gasteiger partial charge in [-0.15, -0.1) is 11.6 Å². The molecule has 1 N–H and O–H groups in total. The van der Waals surface area contributed by atoms with E-state index in [-0.39, 0.29) is 11.3 Å². The molecule has 0 spiro atoms. The number of hydrogen-bond donors (Lipinski definition) is 1. The van der Waals surface area contributed by atoms with Crippen molar-refractivity contribution in [2.75, 3.05) is 0 Å². The van der Waals surface area contributed by atoms with Gasteiger partial charge in [-0.2, -0.15) is 0 Å². The van der Waals surface area contributed by atoms with Crippen LogP contribution in [0.1, 0.15) is 28.2 Å². The minimum absolute atomic E-state index is 0.0413. The Morgan fingerprint density at radius 1 is 1.47 bits per heavy atom. The van der Waals surface area contributed by atoms with Crippen molar-refractivity contribution < 1.29 is 14.7 Å². The van der Waals surface area contributed by atoms with E-state index in [0.29, 0.717) is 10.0 Å². The fourth-order valence-corrected chi connectivity index (χ4v) is 2.15. The summed E-state index contributed by atoms with van der Waals surface area (Å²) in [4.78, 5) is 22.0. The first-order valence-corrected chi connectivity index (χ1v) is 5.34. The van der Waals surface area contributed by atoms with Crippen molar-refractivity contribution in [3.05, 3.63) is 33.8 Å². The Labute approximate surface area is 100 Å². The molecule has 0 bridgehead atoms. The molecule has 1 atom stereocenters. The number of ketones is 1. The Kier molecular flexibility index (Phi) is 3.88. The van der Waals surface area contributed by atoms with Gasteiger partial charge in [0, 0.05) is 10.0 Å². The lowest BCUT2D eigenvalue weighted by Gasteiger charge is -2.11. The van der Waals surface area contributed by atoms with Gasteiger partial charge >= 0.3 is 5.97 Å². The average Bonchev–Trinajstić information content (AvgIpc) is 2.16. The van der Waals surface area contributed by atoms with Crippen molar-refractivity contribution in [2.45, 2.75) is 12.3 Å². The molecule has 1 unspecified atom stereocenters. The van der Waals surface area contributed by atoms with Crippen LogP contribution in [-0.4, -0.2) is 16.9 Å². The average molecular weight is 292 g/mol. The summed E-state index contributed by atoms with van der Waals surface area (Å²) in [5, 5.41) is 7.99. The molecular weight excluding hydrogens is 283 g/mol. The van der Waals surface area contributed by atoms with Crippen LogP contribution in [0.25, 0.3) is 0 Å². The molecule has 0 saturated heterocycles. The SMILES string of the molecule is CC(=O)C(Cl)c1c(Br)cccc1C(=O)O. The van der Waals surface area contributed by atoms with Crippen molar-refractivity contribution in [1.29, 1.82) is 0 Å². The number of alkyl halides is 1. The normalized spacial score (nSPS) is 12.2. The number of Topliss-reactive ketones (excluding diaryl/α,β-unsaturated/α-hetero) is 1. The lowest BCUT2D eigenvalue weighted by molar-refractivity contribution is -0.116. The first-order valence-electron chi connectivity index (χ1n) is 4.11. The van der Waals surface area contributed by atoms with Gasteiger partial charge in [-0.05, 0) is 19.1 Å². The number of aromatic carboxylic acids is 1. The molecule has 0 aliphatic carbocycles. The molecule has 0 saturated carbocycles. The number of rotatable bonds is 3. The Bertz CT molecular complexity index is 417. The predicted molar refractivity (Wildman–Crippen MR) is 60.4 cm³/mol. The second-order valence-corrected chi connectivity index (χ2v) is 4.27. The van der Waals surface area contributed by atoms with E-state index >= 15 is 0 Å². The molecule has 0 radical (unpaired) electrons. The molecule has 1 aromatic carbocycles. The Balaban J connectivity index is 3.37. The van der Waals surface area contributed by atoms with E-state index in [1.807, 2.05) is 0 Å². The second kappa shape index (κ2) is 4.77. The fourth-order valence-electron chi connectivity index (χ4n) is 1.18. The van der Waals surface area contributed by atoms with Crippen LogP contribution >= 0.6 is 27.5 Å². The second-order valence-electron chi connectivity index (χ2n) is 2.98. The van der Waals surface area contributed by atoms with E-state index in [1.54, 1.807) is 12.1 Å². The smallest absolute Gasteiger partial charge is 0.336 e. The highest BCUT2D eigenvalue weighted by molar-refractivity contribution is 9.10. The zero-order valence-electron chi connectivity index (χ0n) is 7.83. The van der Waals surface area contributed by atoms with Crippen molar-refractivity contribution in [3.8, 4) is 0 Å². The van der Waals surface area contributed by atoms with Crippen LogP contribution in [0.3, 0.4) is 0 Å². The van der Waals surface area contributed by atoms with Crippen LogP contribution in [0, 0.1) is 0 Å². The third kappa shape index (κ3) is 2.58. The van der Waals surface area contributed by atoms with Crippen molar-refractivity contribution >= 4 is 39.3 Å². The summed E-state index contributed by atoms with van der Waals surface area (Å²) >= 11 is 9.04. The number of benzene rings is 1. The van der Waals surface area contributed by atoms with E-state index in [9.17, 15) is 9.59 Å². The maximum absolute atomic E-state index is 11.1. The number of carbonyl (C=O) groups excluding carboxylic acids is 1. The molecule has 3 nitrogen and oxygen atoms in total. The van der Waals surface area contributed by atoms with Gasteiger partial charge in [0.15, 0.2) is 5.78 Å². The van der Waals surface area contributed by atoms with E-state index in [2.05, 4.69) is 15.9 Å². The topological polar surface area (TPSA) is 54.4 Å². The van der Waals surface area contributed by atoms with Gasteiger partial charge in [0.25, 0.3) is 0 Å². The van der Waals surface area contributed by atoms with Gasteiger partial charge in [0.1, 0.15) is 5.38 Å². The molecule has 0 aliphatic rings. The minimum Gasteiger partial charge on any atom is -0.478 e. The molecule has 0 aromatic heterocycles. The van der Waals surface area contributed by atoms with Crippen LogP contribution in [-0.2, 0) is 4.79 Å². The Hall–Kier alpha value is -0.870. The van der Waals surface area contributed by atoms with Gasteiger partial charge < -0.3 is 5.11 Å². The zero-order chi connectivity index (χ0) is 11.6. The summed E-state index contributed by atoms with van der Waals surface area (Å²) in [7, 11) is 0. The molecule has 80 valence electrons. The largest absolute Gasteiger partial charge is 0.478 e. The van der Waals surface area contributed by atoms with Crippen molar-refractivity contribution in [3.63, 3.8) is 0 Å². The molecule has 15 heavy (non-hydrogen) atoms. The van der Waals surface area contributed by atoms with Crippen LogP contribution in [0.4, 0.5) is 0 Å². The number of halogens is 2. The van der Waals surface area contributed by atoms with Gasteiger partial charge in [0.05, 0.1) is 5.56 Å². The van der Waals surface area contributed by atoms with Gasteiger partial charge in [-0.3, -0.25) is 4.79 Å². The lowest BCUT2D eigenvalue weighted by atomic mass is 10.0. The summed E-state index contributed by atoms with van der Waals surface area (Å²) in [6, 6.07) is 4.65. The minimum atomic E-state index is -1.10. The quantitative estimate of drug-likeness (QED) is 0.871. The van der Waals surface area contributed by atoms with Crippen molar-refractivity contribution in [2.24, 2.45) is 0 Å². The number of carboxylic acids is 1. The molecule has 0 aliphatic heterocycles. The lowest BCUT2D eigenvalue weighted by Crippen LogP contribution is -2.09. The highest BCUT2D eigenvalue weighted by Crippen LogP contribution is 2.31. The zero-order valence-corrected chi connectivity index (χ0v) is 10.2. The summed E-state index contributed by atoms with van der Waals surface area (Å²) in [5.74, 6) is -1.38. The van der Waals surface area contributed by atoms with E-state index < -0.39 is 11.3 Å². The molecule has 0 fully saturated rings. The number of hydrogen-bond acceptors (Lipinski definition) is 2. The van der Waals surface area contributed by atoms with Crippen LogP contribution < -0.4 is 0 Å². The fraction of sp³-hybridized carbons (Fsp3) is 0.200. The predicted octanol–water partition coefficient (Wildman–Crippen LogP) is 3.02. The summed E-state index contributed by atoms with van der Waals surface area (Å²) in [6.45, 7) is 1.32. The Morgan fingerprint density at radius 3 is 2.53 bits per heavy atom. The summed E-state index contributed by atoms with van der Waals surface area (Å²) < 4.78 is 0.526. The highest BCUT2D eigenvalue weighted by Gasteiger charge is 2.22. The van der Waals surface area contributed by atoms with Crippen LogP contribution in [0.5, 0.6) is 0 Å². The maximum atomic E-state index is 11.1. The number of carboxylic acid groups (broad SMARTS) is 1. The number of carbonyl (C=O) groups is 2. The maximum Gasteiger partial charge on any atom is 0.336 e. The first-order chi connectivity index (χ1) is 6.95. The third-order valence-electron chi connectivity index (χ3n) is 1.89. The highest BCUT2D eigenvalue weighted by atomic mass is 79.9. The van der Waals surface area contributed by atoms with Crippen LogP contribution in [0.2, 0.25) is 0 Å². The Morgan fingerprint density at radius 2 is 2.07 bits per heavy atom. The molecular formula is C10H8BrClO3. The standard InChI is InChI=1S/C10H8BrClO3/c1-5(13)9(12)8-6(10(14)15)3-2-4-7(8)11/h2-4,9H,1H3,(H,14,15). The molecule has 0 amide bonds. The van der Waals surface area contributed by atoms with Gasteiger partial charge in [0.2, 0.25) is 0 Å². The molecule has 5 heteroatoms.